The SMILES string of the molecule is Cc1ccc2c(COC(=O)c3nn(-c4ccccc4)c(=O)c4ccccc34)cc(=O)oc2c1. The Morgan fingerprint density at radius 1 is 0.909 bits per heavy atom. The normalized spacial score (nSPS) is 11.1. The summed E-state index contributed by atoms with van der Waals surface area (Å²) in [5.74, 6) is -0.704. The minimum Gasteiger partial charge on any atom is -0.456 e. The summed E-state index contributed by atoms with van der Waals surface area (Å²) in [5.41, 5.74) is 1.57. The summed E-state index contributed by atoms with van der Waals surface area (Å²) in [5, 5.41) is 5.75. The van der Waals surface area contributed by atoms with Gasteiger partial charge in [0.15, 0.2) is 5.69 Å². The fraction of sp³-hybridized carbons (Fsp3) is 0.0769. The Morgan fingerprint density at radius 3 is 2.42 bits per heavy atom. The van der Waals surface area contributed by atoms with Crippen LogP contribution >= 0.6 is 0 Å². The van der Waals surface area contributed by atoms with E-state index < -0.39 is 11.6 Å². The van der Waals surface area contributed by atoms with Gasteiger partial charge in [-0.15, -0.1) is 0 Å². The van der Waals surface area contributed by atoms with E-state index in [4.69, 9.17) is 9.15 Å². The third kappa shape index (κ3) is 3.80. The molecular weight excluding hydrogens is 420 g/mol. The maximum absolute atomic E-state index is 13.1. The standard InChI is InChI=1S/C26H18N2O5/c1-16-11-12-19-17(14-23(29)33-22(19)13-16)15-32-26(31)24-20-9-5-6-10-21(20)25(30)28(27-24)18-7-3-2-4-8-18/h2-14H,15H2,1H3. The maximum Gasteiger partial charge on any atom is 0.359 e. The van der Waals surface area contributed by atoms with Gasteiger partial charge in [0.05, 0.1) is 11.1 Å². The monoisotopic (exact) mass is 438 g/mol. The molecule has 0 aliphatic rings. The van der Waals surface area contributed by atoms with Gasteiger partial charge in [-0.3, -0.25) is 4.79 Å². The molecule has 0 unspecified atom stereocenters. The van der Waals surface area contributed by atoms with Crippen LogP contribution in [-0.2, 0) is 11.3 Å². The quantitative estimate of drug-likeness (QED) is 0.309. The summed E-state index contributed by atoms with van der Waals surface area (Å²) < 4.78 is 12.0. The Kier molecular flexibility index (Phi) is 5.06. The first-order valence-corrected chi connectivity index (χ1v) is 10.3. The first-order valence-electron chi connectivity index (χ1n) is 10.3. The van der Waals surface area contributed by atoms with Crippen molar-refractivity contribution in [3.8, 4) is 5.69 Å². The Hall–Kier alpha value is -4.52. The summed E-state index contributed by atoms with van der Waals surface area (Å²) in [7, 11) is 0. The Labute approximate surface area is 187 Å². The fourth-order valence-corrected chi connectivity index (χ4v) is 3.75. The van der Waals surface area contributed by atoms with Crippen LogP contribution in [0.4, 0.5) is 0 Å². The van der Waals surface area contributed by atoms with Crippen molar-refractivity contribution in [2.75, 3.05) is 0 Å². The summed E-state index contributed by atoms with van der Waals surface area (Å²) in [6.45, 7) is 1.75. The van der Waals surface area contributed by atoms with Gasteiger partial charge in [-0.05, 0) is 36.8 Å². The Balaban J connectivity index is 1.56. The Morgan fingerprint density at radius 2 is 1.64 bits per heavy atom. The number of fused-ring (bicyclic) bond motifs is 2. The van der Waals surface area contributed by atoms with E-state index in [2.05, 4.69) is 5.10 Å². The number of ether oxygens (including phenoxy) is 1. The van der Waals surface area contributed by atoms with Crippen molar-refractivity contribution in [2.45, 2.75) is 13.5 Å². The van der Waals surface area contributed by atoms with Gasteiger partial charge in [-0.2, -0.15) is 9.78 Å². The molecule has 0 atom stereocenters. The summed E-state index contributed by atoms with van der Waals surface area (Å²) in [6, 6.07) is 22.4. The molecule has 7 nitrogen and oxygen atoms in total. The van der Waals surface area contributed by atoms with Gasteiger partial charge in [0.25, 0.3) is 5.56 Å². The molecule has 0 aliphatic carbocycles. The third-order valence-corrected chi connectivity index (χ3v) is 5.34. The van der Waals surface area contributed by atoms with Crippen LogP contribution in [0.3, 0.4) is 0 Å². The fourth-order valence-electron chi connectivity index (χ4n) is 3.75. The number of benzene rings is 3. The van der Waals surface area contributed by atoms with Gasteiger partial charge >= 0.3 is 11.6 Å². The average molecular weight is 438 g/mol. The molecule has 0 radical (unpaired) electrons. The highest BCUT2D eigenvalue weighted by Crippen LogP contribution is 2.21. The predicted octanol–water partition coefficient (Wildman–Crippen LogP) is 4.16. The molecule has 0 bridgehead atoms. The Bertz CT molecular complexity index is 1630. The van der Waals surface area contributed by atoms with Crippen molar-refractivity contribution in [3.63, 3.8) is 0 Å². The van der Waals surface area contributed by atoms with E-state index in [-0.39, 0.29) is 17.9 Å². The number of carbonyl (C=O) groups excluding carboxylic acids is 1. The minimum atomic E-state index is -0.704. The molecule has 7 heteroatoms. The number of hydrogen-bond donors (Lipinski definition) is 0. The summed E-state index contributed by atoms with van der Waals surface area (Å²) >= 11 is 0. The van der Waals surface area contributed by atoms with Gasteiger partial charge in [0, 0.05) is 22.4 Å². The zero-order valence-corrected chi connectivity index (χ0v) is 17.6. The van der Waals surface area contributed by atoms with E-state index >= 15 is 0 Å². The van der Waals surface area contributed by atoms with Crippen LogP contribution in [0.2, 0.25) is 0 Å². The molecule has 0 N–H and O–H groups in total. The number of aromatic nitrogens is 2. The number of hydrogen-bond acceptors (Lipinski definition) is 6. The molecular formula is C26H18N2O5. The van der Waals surface area contributed by atoms with Crippen LogP contribution in [-0.4, -0.2) is 15.7 Å². The number of nitrogens with zero attached hydrogens (tertiary/aromatic N) is 2. The largest absolute Gasteiger partial charge is 0.456 e. The average Bonchev–Trinajstić information content (AvgIpc) is 2.83. The number of para-hydroxylation sites is 1. The van der Waals surface area contributed by atoms with E-state index in [9.17, 15) is 14.4 Å². The van der Waals surface area contributed by atoms with Crippen molar-refractivity contribution in [2.24, 2.45) is 0 Å². The van der Waals surface area contributed by atoms with Crippen molar-refractivity contribution in [1.82, 2.24) is 9.78 Å². The van der Waals surface area contributed by atoms with Gasteiger partial charge in [0.1, 0.15) is 12.2 Å². The zero-order valence-electron chi connectivity index (χ0n) is 17.6. The molecule has 0 saturated heterocycles. The molecule has 5 aromatic rings. The molecule has 5 rings (SSSR count). The number of carbonyl (C=O) groups is 1. The van der Waals surface area contributed by atoms with Gasteiger partial charge in [-0.1, -0.05) is 48.5 Å². The molecule has 2 heterocycles. The number of rotatable bonds is 4. The van der Waals surface area contributed by atoms with E-state index in [1.165, 1.54) is 10.7 Å². The molecule has 0 amide bonds. The smallest absolute Gasteiger partial charge is 0.359 e. The van der Waals surface area contributed by atoms with Crippen LogP contribution in [0.5, 0.6) is 0 Å². The van der Waals surface area contributed by atoms with Gasteiger partial charge in [0.2, 0.25) is 0 Å². The van der Waals surface area contributed by atoms with E-state index in [0.29, 0.717) is 33.0 Å². The topological polar surface area (TPSA) is 91.4 Å². The van der Waals surface area contributed by atoms with Crippen LogP contribution in [0.1, 0.15) is 21.6 Å². The van der Waals surface area contributed by atoms with E-state index in [0.717, 1.165) is 5.56 Å². The second-order valence-corrected chi connectivity index (χ2v) is 7.61. The molecule has 33 heavy (non-hydrogen) atoms. The molecule has 162 valence electrons. The zero-order chi connectivity index (χ0) is 22.9. The van der Waals surface area contributed by atoms with Crippen molar-refractivity contribution in [1.29, 1.82) is 0 Å². The molecule has 3 aromatic carbocycles. The highest BCUT2D eigenvalue weighted by Gasteiger charge is 2.19. The lowest BCUT2D eigenvalue weighted by molar-refractivity contribution is 0.0467. The molecule has 0 fully saturated rings. The highest BCUT2D eigenvalue weighted by atomic mass is 16.5. The van der Waals surface area contributed by atoms with Crippen molar-refractivity contribution in [3.05, 3.63) is 116 Å². The van der Waals surface area contributed by atoms with Crippen LogP contribution in [0, 0.1) is 6.92 Å². The lowest BCUT2D eigenvalue weighted by atomic mass is 10.1. The van der Waals surface area contributed by atoms with Crippen molar-refractivity contribution >= 4 is 27.7 Å². The number of aryl methyl sites for hydroxylation is 1. The molecule has 0 spiro atoms. The second-order valence-electron chi connectivity index (χ2n) is 7.61. The number of esters is 1. The molecule has 0 aliphatic heterocycles. The minimum absolute atomic E-state index is 0.0113. The van der Waals surface area contributed by atoms with Gasteiger partial charge in [-0.25, -0.2) is 9.59 Å². The lowest BCUT2D eigenvalue weighted by Gasteiger charge is -2.11. The van der Waals surface area contributed by atoms with E-state index in [1.807, 2.05) is 25.1 Å². The lowest BCUT2D eigenvalue weighted by Crippen LogP contribution is -2.25. The highest BCUT2D eigenvalue weighted by molar-refractivity contribution is 6.02. The van der Waals surface area contributed by atoms with Crippen LogP contribution < -0.4 is 11.2 Å². The van der Waals surface area contributed by atoms with Crippen LogP contribution in [0.25, 0.3) is 27.4 Å². The first kappa shape index (κ1) is 20.4. The second kappa shape index (κ2) is 8.20. The van der Waals surface area contributed by atoms with Crippen molar-refractivity contribution < 1.29 is 13.9 Å². The first-order chi connectivity index (χ1) is 16.0. The third-order valence-electron chi connectivity index (χ3n) is 5.34. The maximum atomic E-state index is 13.1. The van der Waals surface area contributed by atoms with Gasteiger partial charge < -0.3 is 9.15 Å². The summed E-state index contributed by atoms with van der Waals surface area (Å²) in [4.78, 5) is 38.1. The molecule has 2 aromatic heterocycles. The van der Waals surface area contributed by atoms with E-state index in [1.54, 1.807) is 54.6 Å². The predicted molar refractivity (Wildman–Crippen MR) is 124 cm³/mol. The molecule has 0 saturated carbocycles. The van der Waals surface area contributed by atoms with Crippen LogP contribution in [0.15, 0.2) is 92.9 Å². The summed E-state index contributed by atoms with van der Waals surface area (Å²) in [6.07, 6.45) is 0.